The highest BCUT2D eigenvalue weighted by molar-refractivity contribution is 5.82. The van der Waals surface area contributed by atoms with Gasteiger partial charge in [0.2, 0.25) is 0 Å². The lowest BCUT2D eigenvalue weighted by Crippen LogP contribution is -2.43. The maximum atomic E-state index is 12.5. The molecule has 0 unspecified atom stereocenters. The second-order valence-corrected chi connectivity index (χ2v) is 7.11. The number of benzene rings is 2. The van der Waals surface area contributed by atoms with Gasteiger partial charge in [-0.15, -0.1) is 0 Å². The molecule has 4 rings (SSSR count). The zero-order valence-corrected chi connectivity index (χ0v) is 16.6. The summed E-state index contributed by atoms with van der Waals surface area (Å²) in [7, 11) is 1.29. The first-order valence-corrected chi connectivity index (χ1v) is 9.75. The summed E-state index contributed by atoms with van der Waals surface area (Å²) < 4.78 is 10.4. The maximum Gasteiger partial charge on any atom is 0.407 e. The topological polar surface area (TPSA) is 77.5 Å². The van der Waals surface area contributed by atoms with E-state index in [1.165, 1.54) is 7.11 Å². The first-order valence-electron chi connectivity index (χ1n) is 9.75. The molecule has 1 amide bonds. The fourth-order valence-corrected chi connectivity index (χ4v) is 3.87. The number of carbonyl (C=O) groups excluding carboxylic acids is 2. The van der Waals surface area contributed by atoms with Gasteiger partial charge < -0.3 is 14.8 Å². The van der Waals surface area contributed by atoms with Gasteiger partial charge in [0.25, 0.3) is 0 Å². The van der Waals surface area contributed by atoms with Crippen LogP contribution < -0.4 is 5.32 Å². The molecule has 6 heteroatoms. The normalized spacial score (nSPS) is 13.1. The highest BCUT2D eigenvalue weighted by atomic mass is 16.6. The lowest BCUT2D eigenvalue weighted by molar-refractivity contribution is -0.143. The van der Waals surface area contributed by atoms with Crippen molar-refractivity contribution >= 4 is 12.1 Å². The number of esters is 1. The Kier molecular flexibility index (Phi) is 5.75. The Labute approximate surface area is 174 Å². The van der Waals surface area contributed by atoms with E-state index in [2.05, 4.69) is 34.6 Å². The molecule has 1 heterocycles. The van der Waals surface area contributed by atoms with Gasteiger partial charge in [0, 0.05) is 24.7 Å². The molecule has 0 bridgehead atoms. The van der Waals surface area contributed by atoms with Crippen LogP contribution >= 0.6 is 0 Å². The van der Waals surface area contributed by atoms with Gasteiger partial charge in [-0.2, -0.15) is 0 Å². The van der Waals surface area contributed by atoms with E-state index in [1.54, 1.807) is 24.5 Å². The Balaban J connectivity index is 1.44. The second-order valence-electron chi connectivity index (χ2n) is 7.11. The van der Waals surface area contributed by atoms with E-state index in [4.69, 9.17) is 9.47 Å². The minimum absolute atomic E-state index is 0.0417. The Morgan fingerprint density at radius 2 is 1.57 bits per heavy atom. The summed E-state index contributed by atoms with van der Waals surface area (Å²) in [6, 6.07) is 19.0. The van der Waals surface area contributed by atoms with E-state index in [1.807, 2.05) is 24.3 Å². The molecule has 0 aliphatic heterocycles. The first-order chi connectivity index (χ1) is 14.7. The molecule has 1 aromatic heterocycles. The van der Waals surface area contributed by atoms with Crippen LogP contribution in [0.25, 0.3) is 11.1 Å². The average Bonchev–Trinajstić information content (AvgIpc) is 3.11. The van der Waals surface area contributed by atoms with Gasteiger partial charge in [0.05, 0.1) is 7.11 Å². The minimum atomic E-state index is -0.840. The molecule has 2 aromatic carbocycles. The quantitative estimate of drug-likeness (QED) is 0.636. The number of fused-ring (bicyclic) bond motifs is 3. The fraction of sp³-hybridized carbons (Fsp3) is 0.208. The SMILES string of the molecule is COC(=O)[C@H](Cc1ccncc1)NC(=O)OCC1c2ccccc2-c2ccccc21. The van der Waals surface area contributed by atoms with Crippen LogP contribution in [0.5, 0.6) is 0 Å². The van der Waals surface area contributed by atoms with E-state index in [9.17, 15) is 9.59 Å². The number of hydrogen-bond donors (Lipinski definition) is 1. The van der Waals surface area contributed by atoms with Gasteiger partial charge in [-0.1, -0.05) is 48.5 Å². The number of alkyl carbamates (subject to hydrolysis) is 1. The smallest absolute Gasteiger partial charge is 0.407 e. The van der Waals surface area contributed by atoms with Crippen molar-refractivity contribution in [2.75, 3.05) is 13.7 Å². The monoisotopic (exact) mass is 402 g/mol. The molecule has 0 saturated heterocycles. The number of nitrogens with zero attached hydrogens (tertiary/aromatic N) is 1. The Bertz CT molecular complexity index is 1010. The predicted octanol–water partition coefficient (Wildman–Crippen LogP) is 3.70. The molecule has 6 nitrogen and oxygen atoms in total. The van der Waals surface area contributed by atoms with Crippen molar-refractivity contribution in [3.05, 3.63) is 89.7 Å². The largest absolute Gasteiger partial charge is 0.467 e. The van der Waals surface area contributed by atoms with Crippen molar-refractivity contribution in [2.45, 2.75) is 18.4 Å². The number of carbonyl (C=O) groups is 2. The highest BCUT2D eigenvalue weighted by Crippen LogP contribution is 2.44. The van der Waals surface area contributed by atoms with Crippen LogP contribution in [0.3, 0.4) is 0 Å². The number of hydrogen-bond acceptors (Lipinski definition) is 5. The van der Waals surface area contributed by atoms with E-state index >= 15 is 0 Å². The van der Waals surface area contributed by atoms with Crippen molar-refractivity contribution in [1.29, 1.82) is 0 Å². The van der Waals surface area contributed by atoms with Crippen LogP contribution in [0.15, 0.2) is 73.1 Å². The molecule has 1 aliphatic rings. The summed E-state index contributed by atoms with van der Waals surface area (Å²) in [4.78, 5) is 28.6. The number of rotatable bonds is 6. The van der Waals surface area contributed by atoms with Crippen LogP contribution in [0.4, 0.5) is 4.79 Å². The molecule has 0 spiro atoms. The molecule has 1 N–H and O–H groups in total. The Morgan fingerprint density at radius 3 is 2.17 bits per heavy atom. The molecule has 152 valence electrons. The standard InChI is InChI=1S/C24H22N2O4/c1-29-23(27)22(14-16-10-12-25-13-11-16)26-24(28)30-15-21-19-8-4-2-6-17(19)18-7-3-5-9-20(18)21/h2-13,21-22H,14-15H2,1H3,(H,26,28)/t22-/m0/s1. The van der Waals surface area contributed by atoms with E-state index in [0.717, 1.165) is 27.8 Å². The van der Waals surface area contributed by atoms with Gasteiger partial charge in [-0.25, -0.2) is 9.59 Å². The van der Waals surface area contributed by atoms with Crippen LogP contribution in [0.1, 0.15) is 22.6 Å². The lowest BCUT2D eigenvalue weighted by atomic mass is 9.98. The summed E-state index contributed by atoms with van der Waals surface area (Å²) in [5.41, 5.74) is 5.44. The van der Waals surface area contributed by atoms with Crippen molar-refractivity contribution in [1.82, 2.24) is 10.3 Å². The molecule has 0 saturated carbocycles. The van der Waals surface area contributed by atoms with Crippen molar-refractivity contribution in [3.8, 4) is 11.1 Å². The molecular formula is C24H22N2O4. The van der Waals surface area contributed by atoms with Crippen LogP contribution in [-0.2, 0) is 20.7 Å². The van der Waals surface area contributed by atoms with Crippen LogP contribution in [-0.4, -0.2) is 36.8 Å². The fourth-order valence-electron chi connectivity index (χ4n) is 3.87. The number of ether oxygens (including phenoxy) is 2. The Morgan fingerprint density at radius 1 is 0.967 bits per heavy atom. The number of nitrogens with one attached hydrogen (secondary N) is 1. The zero-order chi connectivity index (χ0) is 20.9. The van der Waals surface area contributed by atoms with Crippen molar-refractivity contribution in [2.24, 2.45) is 0 Å². The van der Waals surface area contributed by atoms with Crippen LogP contribution in [0, 0.1) is 0 Å². The van der Waals surface area contributed by atoms with Crippen molar-refractivity contribution in [3.63, 3.8) is 0 Å². The third kappa shape index (κ3) is 4.03. The summed E-state index contributed by atoms with van der Waals surface area (Å²) in [5, 5.41) is 2.63. The average molecular weight is 402 g/mol. The molecule has 30 heavy (non-hydrogen) atoms. The lowest BCUT2D eigenvalue weighted by Gasteiger charge is -2.18. The number of methoxy groups -OCH3 is 1. The van der Waals surface area contributed by atoms with Gasteiger partial charge in [-0.05, 0) is 39.9 Å². The summed E-state index contributed by atoms with van der Waals surface area (Å²) in [5.74, 6) is -0.569. The second kappa shape index (κ2) is 8.78. The maximum absolute atomic E-state index is 12.5. The van der Waals surface area contributed by atoms with Gasteiger partial charge >= 0.3 is 12.1 Å². The van der Waals surface area contributed by atoms with Crippen molar-refractivity contribution < 1.29 is 19.1 Å². The van der Waals surface area contributed by atoms with E-state index in [0.29, 0.717) is 6.42 Å². The molecule has 3 aromatic rings. The minimum Gasteiger partial charge on any atom is -0.467 e. The number of aromatic nitrogens is 1. The number of pyridine rings is 1. The van der Waals surface area contributed by atoms with E-state index in [-0.39, 0.29) is 12.5 Å². The molecule has 1 atom stereocenters. The molecule has 1 aliphatic carbocycles. The highest BCUT2D eigenvalue weighted by Gasteiger charge is 2.30. The third-order valence-corrected chi connectivity index (χ3v) is 5.31. The zero-order valence-electron chi connectivity index (χ0n) is 16.6. The summed E-state index contributed by atoms with van der Waals surface area (Å²) in [6.45, 7) is 0.184. The Hall–Kier alpha value is -3.67. The van der Waals surface area contributed by atoms with Gasteiger partial charge in [0.15, 0.2) is 0 Å². The molecule has 0 radical (unpaired) electrons. The summed E-state index contributed by atoms with van der Waals surface area (Å²) >= 11 is 0. The van der Waals surface area contributed by atoms with Crippen LogP contribution in [0.2, 0.25) is 0 Å². The third-order valence-electron chi connectivity index (χ3n) is 5.31. The number of amides is 1. The molecular weight excluding hydrogens is 380 g/mol. The first kappa shape index (κ1) is 19.6. The van der Waals surface area contributed by atoms with Gasteiger partial charge in [-0.3, -0.25) is 4.98 Å². The van der Waals surface area contributed by atoms with E-state index < -0.39 is 18.1 Å². The summed E-state index contributed by atoms with van der Waals surface area (Å²) in [6.07, 6.45) is 2.91. The van der Waals surface area contributed by atoms with Gasteiger partial charge in [0.1, 0.15) is 12.6 Å². The predicted molar refractivity (Wildman–Crippen MR) is 112 cm³/mol. The molecule has 0 fully saturated rings.